The number of ketones is 1. The van der Waals surface area contributed by atoms with Gasteiger partial charge in [-0.3, -0.25) is 4.79 Å². The van der Waals surface area contributed by atoms with Gasteiger partial charge < -0.3 is 4.98 Å². The van der Waals surface area contributed by atoms with Gasteiger partial charge in [0.25, 0.3) is 0 Å². The first kappa shape index (κ1) is 11.1. The molecule has 0 saturated heterocycles. The molecule has 2 nitrogen and oxygen atoms in total. The summed E-state index contributed by atoms with van der Waals surface area (Å²) in [7, 11) is 0. The van der Waals surface area contributed by atoms with Crippen molar-refractivity contribution in [2.75, 3.05) is 0 Å². The Bertz CT molecular complexity index is 718. The predicted molar refractivity (Wildman–Crippen MR) is 73.9 cm³/mol. The van der Waals surface area contributed by atoms with Crippen LogP contribution in [0.3, 0.4) is 0 Å². The molecule has 2 aromatic rings. The molecule has 3 heteroatoms. The van der Waals surface area contributed by atoms with E-state index in [-0.39, 0.29) is 17.5 Å². The van der Waals surface area contributed by atoms with Gasteiger partial charge in [0, 0.05) is 28.6 Å². The van der Waals surface area contributed by atoms with Gasteiger partial charge in [-0.05, 0) is 55.1 Å². The molecule has 102 valence electrons. The Labute approximate surface area is 116 Å². The summed E-state index contributed by atoms with van der Waals surface area (Å²) >= 11 is 0. The second-order valence-corrected chi connectivity index (χ2v) is 6.74. The van der Waals surface area contributed by atoms with Crippen molar-refractivity contribution in [3.8, 4) is 0 Å². The fourth-order valence-corrected chi connectivity index (χ4v) is 5.19. The Hall–Kier alpha value is -1.64. The summed E-state index contributed by atoms with van der Waals surface area (Å²) in [5.74, 6) is 2.83. The van der Waals surface area contributed by atoms with Crippen LogP contribution >= 0.6 is 0 Å². The molecule has 1 N–H and O–H groups in total. The molecule has 1 heterocycles. The highest BCUT2D eigenvalue weighted by Gasteiger charge is 2.67. The van der Waals surface area contributed by atoms with Gasteiger partial charge in [0.05, 0.1) is 0 Å². The topological polar surface area (TPSA) is 32.9 Å². The highest BCUT2D eigenvalue weighted by molar-refractivity contribution is 6.10. The zero-order chi connectivity index (χ0) is 13.4. The van der Waals surface area contributed by atoms with Crippen LogP contribution in [0.5, 0.6) is 0 Å². The first-order chi connectivity index (χ1) is 9.75. The molecule has 3 aliphatic carbocycles. The van der Waals surface area contributed by atoms with Crippen LogP contribution in [0.15, 0.2) is 24.4 Å². The fourth-order valence-electron chi connectivity index (χ4n) is 5.19. The molecule has 4 atom stereocenters. The maximum Gasteiger partial charge on any atom is 0.168 e. The Morgan fingerprint density at radius 2 is 1.95 bits per heavy atom. The first-order valence-electron chi connectivity index (χ1n) is 7.55. The van der Waals surface area contributed by atoms with E-state index in [0.29, 0.717) is 22.8 Å². The zero-order valence-corrected chi connectivity index (χ0v) is 11.1. The molecule has 3 saturated carbocycles. The molecule has 0 aliphatic heterocycles. The molecule has 1 aromatic carbocycles. The van der Waals surface area contributed by atoms with Crippen LogP contribution in [0, 0.1) is 35.4 Å². The molecule has 0 radical (unpaired) electrons. The maximum atomic E-state index is 14.0. The van der Waals surface area contributed by atoms with Crippen LogP contribution in [0.25, 0.3) is 10.9 Å². The van der Waals surface area contributed by atoms with Crippen molar-refractivity contribution < 1.29 is 9.18 Å². The average Bonchev–Trinajstić information content (AvgIpc) is 2.83. The summed E-state index contributed by atoms with van der Waals surface area (Å²) < 4.78 is 14.0. The Morgan fingerprint density at radius 3 is 2.70 bits per heavy atom. The van der Waals surface area contributed by atoms with E-state index < -0.39 is 0 Å². The largest absolute Gasteiger partial charge is 0.360 e. The van der Waals surface area contributed by atoms with Gasteiger partial charge >= 0.3 is 0 Å². The summed E-state index contributed by atoms with van der Waals surface area (Å²) in [5.41, 5.74) is 1.29. The normalized spacial score (nSPS) is 37.4. The number of carbonyl (C=O) groups excluding carboxylic acids is 1. The summed E-state index contributed by atoms with van der Waals surface area (Å²) in [6.45, 7) is 0. The quantitative estimate of drug-likeness (QED) is 0.827. The van der Waals surface area contributed by atoms with E-state index in [1.165, 1.54) is 25.3 Å². The van der Waals surface area contributed by atoms with Gasteiger partial charge in [0.2, 0.25) is 0 Å². The van der Waals surface area contributed by atoms with Gasteiger partial charge in [0.1, 0.15) is 5.82 Å². The van der Waals surface area contributed by atoms with Crippen LogP contribution < -0.4 is 0 Å². The van der Waals surface area contributed by atoms with Crippen molar-refractivity contribution in [1.82, 2.24) is 4.98 Å². The Morgan fingerprint density at radius 1 is 1.20 bits per heavy atom. The number of nitrogens with one attached hydrogen (secondary N) is 1. The third kappa shape index (κ3) is 1.22. The van der Waals surface area contributed by atoms with E-state index in [4.69, 9.17) is 0 Å². The van der Waals surface area contributed by atoms with E-state index in [9.17, 15) is 9.18 Å². The Kier molecular flexibility index (Phi) is 1.94. The van der Waals surface area contributed by atoms with Crippen LogP contribution in [0.2, 0.25) is 0 Å². The molecule has 1 aromatic heterocycles. The number of halogens is 1. The third-order valence-electron chi connectivity index (χ3n) is 5.96. The molecular weight excluding hydrogens is 253 g/mol. The van der Waals surface area contributed by atoms with Crippen molar-refractivity contribution in [2.45, 2.75) is 19.3 Å². The number of benzene rings is 1. The fraction of sp³-hybridized carbons (Fsp3) is 0.471. The van der Waals surface area contributed by atoms with E-state index in [1.807, 2.05) is 6.07 Å². The van der Waals surface area contributed by atoms with Crippen molar-refractivity contribution in [1.29, 1.82) is 0 Å². The number of hydrogen-bond acceptors (Lipinski definition) is 1. The highest BCUT2D eigenvalue weighted by Crippen LogP contribution is 2.70. The zero-order valence-electron chi connectivity index (χ0n) is 11.1. The summed E-state index contributed by atoms with van der Waals surface area (Å²) in [6.07, 6.45) is 5.64. The number of rotatable bonds is 2. The van der Waals surface area contributed by atoms with E-state index in [2.05, 4.69) is 4.98 Å². The third-order valence-corrected chi connectivity index (χ3v) is 5.96. The lowest BCUT2D eigenvalue weighted by Crippen LogP contribution is -2.09. The van der Waals surface area contributed by atoms with Crippen molar-refractivity contribution >= 4 is 16.7 Å². The van der Waals surface area contributed by atoms with E-state index in [0.717, 1.165) is 17.4 Å². The molecule has 3 aliphatic rings. The minimum atomic E-state index is -0.291. The molecule has 4 unspecified atom stereocenters. The molecule has 3 fully saturated rings. The molecule has 2 bridgehead atoms. The molecule has 5 rings (SSSR count). The number of Topliss-reactive ketones (excluding diaryl/α,β-unsaturated/α-hetero) is 1. The molecule has 0 spiro atoms. The van der Waals surface area contributed by atoms with Crippen LogP contribution in [0.4, 0.5) is 4.39 Å². The number of aromatic nitrogens is 1. The number of H-pyrrole nitrogens is 1. The molecule has 0 amide bonds. The van der Waals surface area contributed by atoms with Gasteiger partial charge in [-0.1, -0.05) is 6.07 Å². The average molecular weight is 269 g/mol. The van der Waals surface area contributed by atoms with Gasteiger partial charge in [-0.2, -0.15) is 0 Å². The van der Waals surface area contributed by atoms with Crippen molar-refractivity contribution in [2.24, 2.45) is 29.6 Å². The lowest BCUT2D eigenvalue weighted by Gasteiger charge is -2.07. The summed E-state index contributed by atoms with van der Waals surface area (Å²) in [4.78, 5) is 15.8. The van der Waals surface area contributed by atoms with Crippen molar-refractivity contribution in [3.05, 3.63) is 35.8 Å². The highest BCUT2D eigenvalue weighted by atomic mass is 19.1. The van der Waals surface area contributed by atoms with Gasteiger partial charge in [-0.25, -0.2) is 4.39 Å². The number of hydrogen-bond donors (Lipinski definition) is 1. The summed E-state index contributed by atoms with van der Waals surface area (Å²) in [5, 5.41) is 0.481. The minimum absolute atomic E-state index is 0.174. The monoisotopic (exact) mass is 269 g/mol. The maximum absolute atomic E-state index is 14.0. The van der Waals surface area contributed by atoms with Gasteiger partial charge in [0.15, 0.2) is 5.78 Å². The SMILES string of the molecule is O=C(c1c[nH]c2cccc(F)c12)C1C2C3CCC(C3)C12. The predicted octanol–water partition coefficient (Wildman–Crippen LogP) is 3.78. The lowest BCUT2D eigenvalue weighted by atomic mass is 9.96. The lowest BCUT2D eigenvalue weighted by molar-refractivity contribution is 0.0946. The summed E-state index contributed by atoms with van der Waals surface area (Å²) in [6, 6.07) is 4.94. The van der Waals surface area contributed by atoms with Crippen LogP contribution in [-0.2, 0) is 0 Å². The van der Waals surface area contributed by atoms with E-state index >= 15 is 0 Å². The molecule has 20 heavy (non-hydrogen) atoms. The van der Waals surface area contributed by atoms with Crippen LogP contribution in [0.1, 0.15) is 29.6 Å². The smallest absolute Gasteiger partial charge is 0.168 e. The second-order valence-electron chi connectivity index (χ2n) is 6.74. The van der Waals surface area contributed by atoms with Crippen LogP contribution in [-0.4, -0.2) is 10.8 Å². The molecular formula is C17H16FNO. The van der Waals surface area contributed by atoms with E-state index in [1.54, 1.807) is 12.3 Å². The number of fused-ring (bicyclic) bond motifs is 6. The Balaban J connectivity index is 1.55. The first-order valence-corrected chi connectivity index (χ1v) is 7.55. The van der Waals surface area contributed by atoms with Crippen molar-refractivity contribution in [3.63, 3.8) is 0 Å². The number of aromatic amines is 1. The minimum Gasteiger partial charge on any atom is -0.360 e. The second kappa shape index (κ2) is 3.51. The van der Waals surface area contributed by atoms with Gasteiger partial charge in [-0.15, -0.1) is 0 Å². The number of carbonyl (C=O) groups is 1. The standard InChI is InChI=1S/C17H16FNO/c18-11-2-1-3-12-15(11)10(7-19-12)17(20)16-13-8-4-5-9(6-8)14(13)16/h1-3,7-9,13-14,16,19H,4-6H2.